The molecule has 0 spiro atoms. The van der Waals surface area contributed by atoms with E-state index in [1.54, 1.807) is 47.6 Å². The summed E-state index contributed by atoms with van der Waals surface area (Å²) in [5.41, 5.74) is 3.55. The summed E-state index contributed by atoms with van der Waals surface area (Å²) in [5.74, 6) is 0.204. The number of nitrogens with one attached hydrogen (secondary N) is 2. The Balaban J connectivity index is 1.27. The minimum Gasteiger partial charge on any atom is -0.484 e. The van der Waals surface area contributed by atoms with Gasteiger partial charge in [-0.25, -0.2) is 0 Å². The fraction of sp³-hybridized carbons (Fsp3) is 0.269. The highest BCUT2D eigenvalue weighted by atomic mass is 16.5. The SMILES string of the molecule is Cc1ccc(NC(=O)COc2ccc(N3C[C@H](C(=O)NCc4ccco4)CC3=O)cc2)c(C)c1. The average Bonchev–Trinajstić information content (AvgIpc) is 3.48. The van der Waals surface area contributed by atoms with Crippen molar-refractivity contribution in [3.05, 3.63) is 77.7 Å². The van der Waals surface area contributed by atoms with Crippen LogP contribution in [0.15, 0.2) is 65.3 Å². The fourth-order valence-electron chi connectivity index (χ4n) is 3.88. The molecule has 176 valence electrons. The third-order valence-corrected chi connectivity index (χ3v) is 5.69. The maximum atomic E-state index is 12.5. The fourth-order valence-corrected chi connectivity index (χ4v) is 3.88. The van der Waals surface area contributed by atoms with E-state index < -0.39 is 5.92 Å². The van der Waals surface area contributed by atoms with Crippen molar-refractivity contribution in [2.75, 3.05) is 23.4 Å². The van der Waals surface area contributed by atoms with Gasteiger partial charge in [-0.3, -0.25) is 14.4 Å². The molecular weight excluding hydrogens is 434 g/mol. The van der Waals surface area contributed by atoms with Crippen LogP contribution in [-0.2, 0) is 20.9 Å². The Kier molecular flexibility index (Phi) is 6.96. The molecule has 4 rings (SSSR count). The minimum atomic E-state index is -0.424. The number of rotatable bonds is 8. The summed E-state index contributed by atoms with van der Waals surface area (Å²) in [7, 11) is 0. The summed E-state index contributed by atoms with van der Waals surface area (Å²) in [6.45, 7) is 4.40. The molecule has 2 N–H and O–H groups in total. The number of hydrogen-bond acceptors (Lipinski definition) is 5. The number of nitrogens with zero attached hydrogens (tertiary/aromatic N) is 1. The molecule has 8 nitrogen and oxygen atoms in total. The Hall–Kier alpha value is -4.07. The van der Waals surface area contributed by atoms with Crippen LogP contribution in [0.4, 0.5) is 11.4 Å². The van der Waals surface area contributed by atoms with Crippen molar-refractivity contribution in [2.24, 2.45) is 5.92 Å². The van der Waals surface area contributed by atoms with Gasteiger partial charge in [-0.15, -0.1) is 0 Å². The summed E-state index contributed by atoms with van der Waals surface area (Å²) in [4.78, 5) is 38.8. The van der Waals surface area contributed by atoms with Gasteiger partial charge in [0, 0.05) is 24.3 Å². The molecule has 1 saturated heterocycles. The van der Waals surface area contributed by atoms with Crippen LogP contribution in [0.5, 0.6) is 5.75 Å². The second kappa shape index (κ2) is 10.2. The molecule has 0 radical (unpaired) electrons. The molecule has 8 heteroatoms. The standard InChI is InChI=1S/C26H27N3O5/c1-17-5-10-23(18(2)12-17)28-24(30)16-34-21-8-6-20(7-9-21)29-15-19(13-25(29)31)26(32)27-14-22-4-3-11-33-22/h3-12,19H,13-16H2,1-2H3,(H,27,32)(H,28,30)/t19-/m1/s1. The lowest BCUT2D eigenvalue weighted by Crippen LogP contribution is -2.32. The number of benzene rings is 2. The molecule has 0 aliphatic carbocycles. The van der Waals surface area contributed by atoms with Gasteiger partial charge in [0.15, 0.2) is 6.61 Å². The van der Waals surface area contributed by atoms with Crippen LogP contribution in [-0.4, -0.2) is 30.9 Å². The maximum Gasteiger partial charge on any atom is 0.262 e. The largest absolute Gasteiger partial charge is 0.484 e. The molecular formula is C26H27N3O5. The number of amides is 3. The average molecular weight is 462 g/mol. The van der Waals surface area contributed by atoms with Crippen molar-refractivity contribution in [2.45, 2.75) is 26.8 Å². The van der Waals surface area contributed by atoms with Crippen LogP contribution in [0.3, 0.4) is 0 Å². The summed E-state index contributed by atoms with van der Waals surface area (Å²) in [5, 5.41) is 5.65. The molecule has 0 unspecified atom stereocenters. The van der Waals surface area contributed by atoms with Gasteiger partial charge in [0.2, 0.25) is 11.8 Å². The molecule has 0 bridgehead atoms. The number of aryl methyl sites for hydroxylation is 2. The molecule has 1 fully saturated rings. The predicted molar refractivity (Wildman–Crippen MR) is 127 cm³/mol. The molecule has 3 amide bonds. The van der Waals surface area contributed by atoms with Gasteiger partial charge in [-0.1, -0.05) is 17.7 Å². The van der Waals surface area contributed by atoms with Crippen LogP contribution >= 0.6 is 0 Å². The lowest BCUT2D eigenvalue weighted by molar-refractivity contribution is -0.126. The van der Waals surface area contributed by atoms with Crippen molar-refractivity contribution >= 4 is 29.1 Å². The van der Waals surface area contributed by atoms with Gasteiger partial charge in [0.05, 0.1) is 18.7 Å². The Labute approximate surface area is 197 Å². The molecule has 2 aromatic carbocycles. The van der Waals surface area contributed by atoms with E-state index in [1.807, 2.05) is 32.0 Å². The second-order valence-corrected chi connectivity index (χ2v) is 8.35. The number of furan rings is 1. The first-order valence-electron chi connectivity index (χ1n) is 11.1. The van der Waals surface area contributed by atoms with E-state index in [2.05, 4.69) is 10.6 Å². The quantitative estimate of drug-likeness (QED) is 0.534. The minimum absolute atomic E-state index is 0.111. The Morgan fingerprint density at radius 2 is 1.91 bits per heavy atom. The third kappa shape index (κ3) is 5.64. The zero-order valence-corrected chi connectivity index (χ0v) is 19.2. The number of anilines is 2. The smallest absolute Gasteiger partial charge is 0.262 e. The molecule has 0 saturated carbocycles. The van der Waals surface area contributed by atoms with E-state index in [9.17, 15) is 14.4 Å². The number of carbonyl (C=O) groups is 3. The second-order valence-electron chi connectivity index (χ2n) is 8.35. The van der Waals surface area contributed by atoms with Crippen LogP contribution in [0, 0.1) is 19.8 Å². The zero-order valence-electron chi connectivity index (χ0n) is 19.2. The van der Waals surface area contributed by atoms with Crippen molar-refractivity contribution in [1.29, 1.82) is 0 Å². The van der Waals surface area contributed by atoms with Crippen LogP contribution in [0.2, 0.25) is 0 Å². The summed E-state index contributed by atoms with van der Waals surface area (Å²) in [6.07, 6.45) is 1.70. The highest BCUT2D eigenvalue weighted by Gasteiger charge is 2.35. The lowest BCUT2D eigenvalue weighted by atomic mass is 10.1. The molecule has 1 aliphatic rings. The van der Waals surface area contributed by atoms with E-state index in [0.717, 1.165) is 16.8 Å². The molecule has 2 heterocycles. The lowest BCUT2D eigenvalue weighted by Gasteiger charge is -2.17. The van der Waals surface area contributed by atoms with Crippen molar-refractivity contribution in [1.82, 2.24) is 5.32 Å². The first kappa shape index (κ1) is 23.1. The van der Waals surface area contributed by atoms with Crippen LogP contribution in [0.1, 0.15) is 23.3 Å². The topological polar surface area (TPSA) is 101 Å². The van der Waals surface area contributed by atoms with Crippen molar-refractivity contribution in [3.8, 4) is 5.75 Å². The van der Waals surface area contributed by atoms with Gasteiger partial charge in [-0.05, 0) is 61.9 Å². The Morgan fingerprint density at radius 3 is 2.62 bits per heavy atom. The summed E-state index contributed by atoms with van der Waals surface area (Å²) in [6, 6.07) is 16.3. The van der Waals surface area contributed by atoms with Gasteiger partial charge in [-0.2, -0.15) is 0 Å². The highest BCUT2D eigenvalue weighted by Crippen LogP contribution is 2.27. The Bertz CT molecular complexity index is 1170. The van der Waals surface area contributed by atoms with Gasteiger partial charge >= 0.3 is 0 Å². The number of ether oxygens (including phenoxy) is 1. The first-order valence-corrected chi connectivity index (χ1v) is 11.1. The van der Waals surface area contributed by atoms with Gasteiger partial charge < -0.3 is 24.7 Å². The first-order chi connectivity index (χ1) is 16.4. The van der Waals surface area contributed by atoms with E-state index in [4.69, 9.17) is 9.15 Å². The van der Waals surface area contributed by atoms with E-state index in [0.29, 0.717) is 30.3 Å². The number of hydrogen-bond donors (Lipinski definition) is 2. The van der Waals surface area contributed by atoms with Crippen molar-refractivity contribution in [3.63, 3.8) is 0 Å². The molecule has 1 aromatic heterocycles. The predicted octanol–water partition coefficient (Wildman–Crippen LogP) is 3.58. The molecule has 34 heavy (non-hydrogen) atoms. The highest BCUT2D eigenvalue weighted by molar-refractivity contribution is 6.00. The third-order valence-electron chi connectivity index (χ3n) is 5.69. The maximum absolute atomic E-state index is 12.5. The number of carbonyl (C=O) groups excluding carboxylic acids is 3. The molecule has 1 aliphatic heterocycles. The molecule has 1 atom stereocenters. The summed E-state index contributed by atoms with van der Waals surface area (Å²) >= 11 is 0. The van der Waals surface area contributed by atoms with E-state index >= 15 is 0 Å². The van der Waals surface area contributed by atoms with Gasteiger partial charge in [0.25, 0.3) is 5.91 Å². The summed E-state index contributed by atoms with van der Waals surface area (Å²) < 4.78 is 10.8. The van der Waals surface area contributed by atoms with E-state index in [1.165, 1.54) is 0 Å². The molecule has 3 aromatic rings. The normalized spacial score (nSPS) is 15.3. The Morgan fingerprint density at radius 1 is 1.12 bits per heavy atom. The zero-order chi connectivity index (χ0) is 24.1. The van der Waals surface area contributed by atoms with E-state index in [-0.39, 0.29) is 30.7 Å². The van der Waals surface area contributed by atoms with Crippen LogP contribution in [0.25, 0.3) is 0 Å². The monoisotopic (exact) mass is 461 g/mol. The van der Waals surface area contributed by atoms with Crippen molar-refractivity contribution < 1.29 is 23.5 Å². The van der Waals surface area contributed by atoms with Crippen LogP contribution < -0.4 is 20.3 Å². The van der Waals surface area contributed by atoms with Gasteiger partial charge in [0.1, 0.15) is 11.5 Å².